The van der Waals surface area contributed by atoms with Gasteiger partial charge in [0.2, 0.25) is 0 Å². The molecule has 2 N–H and O–H groups in total. The zero-order chi connectivity index (χ0) is 13.6. The average Bonchev–Trinajstić information content (AvgIpc) is 2.26. The van der Waals surface area contributed by atoms with Gasteiger partial charge in [-0.15, -0.1) is 0 Å². The van der Waals surface area contributed by atoms with Crippen molar-refractivity contribution in [3.05, 3.63) is 29.8 Å². The lowest BCUT2D eigenvalue weighted by molar-refractivity contribution is -0.174. The van der Waals surface area contributed by atoms with E-state index >= 15 is 0 Å². The Morgan fingerprint density at radius 3 is 2.39 bits per heavy atom. The number of alkyl halides is 3. The lowest BCUT2D eigenvalue weighted by Gasteiger charge is -2.17. The van der Waals surface area contributed by atoms with Gasteiger partial charge in [-0.1, -0.05) is 12.1 Å². The summed E-state index contributed by atoms with van der Waals surface area (Å²) in [4.78, 5) is 1.89. The molecule has 0 aliphatic carbocycles. The van der Waals surface area contributed by atoms with Crippen molar-refractivity contribution in [2.24, 2.45) is 0 Å². The maximum Gasteiger partial charge on any atom is 0.411 e. The molecule has 0 bridgehead atoms. The highest BCUT2D eigenvalue weighted by molar-refractivity contribution is 5.39. The van der Waals surface area contributed by atoms with Crippen molar-refractivity contribution in [2.75, 3.05) is 32.5 Å². The summed E-state index contributed by atoms with van der Waals surface area (Å²) in [5.74, 6) is 0. The molecule has 0 amide bonds. The lowest BCUT2D eigenvalue weighted by atomic mass is 10.2. The molecule has 0 aromatic heterocycles. The fourth-order valence-electron chi connectivity index (χ4n) is 1.42. The second kappa shape index (κ2) is 6.61. The normalized spacial score (nSPS) is 12.1. The molecule has 0 fully saturated rings. The van der Waals surface area contributed by atoms with Crippen molar-refractivity contribution in [2.45, 2.75) is 12.7 Å². The van der Waals surface area contributed by atoms with Gasteiger partial charge in [-0.2, -0.15) is 13.2 Å². The van der Waals surface area contributed by atoms with E-state index in [9.17, 15) is 13.2 Å². The fraction of sp³-hybridized carbons (Fsp3) is 0.500. The predicted molar refractivity (Wildman–Crippen MR) is 64.1 cm³/mol. The minimum Gasteiger partial charge on any atom is -0.399 e. The van der Waals surface area contributed by atoms with E-state index in [1.54, 1.807) is 12.1 Å². The first-order valence-electron chi connectivity index (χ1n) is 5.54. The minimum atomic E-state index is -4.25. The molecule has 0 radical (unpaired) electrons. The second-order valence-electron chi connectivity index (χ2n) is 4.15. The van der Waals surface area contributed by atoms with Gasteiger partial charge in [0.15, 0.2) is 0 Å². The van der Waals surface area contributed by atoms with Crippen LogP contribution >= 0.6 is 0 Å². The molecule has 1 aromatic carbocycles. The van der Waals surface area contributed by atoms with Gasteiger partial charge in [0, 0.05) is 18.8 Å². The number of rotatable bonds is 6. The molecule has 6 heteroatoms. The van der Waals surface area contributed by atoms with Gasteiger partial charge in [-0.05, 0) is 24.7 Å². The number of ether oxygens (including phenoxy) is 1. The zero-order valence-electron chi connectivity index (χ0n) is 10.2. The van der Waals surface area contributed by atoms with Crippen LogP contribution in [0.5, 0.6) is 0 Å². The Bertz CT molecular complexity index is 351. The second-order valence-corrected chi connectivity index (χ2v) is 4.15. The van der Waals surface area contributed by atoms with Gasteiger partial charge in [-0.25, -0.2) is 0 Å². The van der Waals surface area contributed by atoms with Crippen molar-refractivity contribution < 1.29 is 17.9 Å². The van der Waals surface area contributed by atoms with Crippen molar-refractivity contribution in [1.82, 2.24) is 4.90 Å². The van der Waals surface area contributed by atoms with Gasteiger partial charge in [0.05, 0.1) is 6.61 Å². The van der Waals surface area contributed by atoms with Crippen LogP contribution < -0.4 is 5.73 Å². The summed E-state index contributed by atoms with van der Waals surface area (Å²) in [7, 11) is 1.83. The first-order valence-corrected chi connectivity index (χ1v) is 5.54. The number of hydrogen-bond donors (Lipinski definition) is 1. The Morgan fingerprint density at radius 2 is 1.83 bits per heavy atom. The van der Waals surface area contributed by atoms with Crippen molar-refractivity contribution in [3.8, 4) is 0 Å². The van der Waals surface area contributed by atoms with Gasteiger partial charge in [-0.3, -0.25) is 4.90 Å². The van der Waals surface area contributed by atoms with Crippen LogP contribution in [0.4, 0.5) is 18.9 Å². The number of nitrogen functional groups attached to an aromatic ring is 1. The first kappa shape index (κ1) is 14.8. The van der Waals surface area contributed by atoms with E-state index < -0.39 is 12.8 Å². The standard InChI is InChI=1S/C12H17F3N2O/c1-17(6-7-18-9-12(13,14)15)8-10-2-4-11(16)5-3-10/h2-5H,6-9,16H2,1H3. The number of hydrogen-bond acceptors (Lipinski definition) is 3. The van der Waals surface area contributed by atoms with Crippen molar-refractivity contribution in [3.63, 3.8) is 0 Å². The predicted octanol–water partition coefficient (Wildman–Crippen LogP) is 2.28. The Kier molecular flexibility index (Phi) is 5.43. The molecule has 0 saturated carbocycles. The van der Waals surface area contributed by atoms with E-state index in [1.807, 2.05) is 24.1 Å². The summed E-state index contributed by atoms with van der Waals surface area (Å²) in [6.07, 6.45) is -4.25. The van der Waals surface area contributed by atoms with Gasteiger partial charge >= 0.3 is 6.18 Å². The van der Waals surface area contributed by atoms with Crippen molar-refractivity contribution >= 4 is 5.69 Å². The number of benzene rings is 1. The van der Waals surface area contributed by atoms with E-state index in [0.717, 1.165) is 5.56 Å². The molecule has 3 nitrogen and oxygen atoms in total. The van der Waals surface area contributed by atoms with Crippen LogP contribution in [0.25, 0.3) is 0 Å². The Labute approximate surface area is 104 Å². The summed E-state index contributed by atoms with van der Waals surface area (Å²) in [5, 5.41) is 0. The first-order chi connectivity index (χ1) is 8.37. The fourth-order valence-corrected chi connectivity index (χ4v) is 1.42. The Hall–Kier alpha value is -1.27. The van der Waals surface area contributed by atoms with Crippen LogP contribution in [0.1, 0.15) is 5.56 Å². The molecule has 0 spiro atoms. The summed E-state index contributed by atoms with van der Waals surface area (Å²) in [6, 6.07) is 7.37. The number of anilines is 1. The molecule has 18 heavy (non-hydrogen) atoms. The van der Waals surface area contributed by atoms with E-state index in [1.165, 1.54) is 0 Å². The van der Waals surface area contributed by atoms with E-state index in [0.29, 0.717) is 18.8 Å². The van der Waals surface area contributed by atoms with Gasteiger partial charge in [0.1, 0.15) is 6.61 Å². The van der Waals surface area contributed by atoms with Crippen LogP contribution in [0.2, 0.25) is 0 Å². The molecule has 1 rings (SSSR count). The topological polar surface area (TPSA) is 38.5 Å². The summed E-state index contributed by atoms with van der Waals surface area (Å²) in [6.45, 7) is -0.0379. The largest absolute Gasteiger partial charge is 0.411 e. The minimum absolute atomic E-state index is 0.0605. The molecular weight excluding hydrogens is 245 g/mol. The lowest BCUT2D eigenvalue weighted by Crippen LogP contribution is -2.25. The molecule has 0 heterocycles. The third-order valence-electron chi connectivity index (χ3n) is 2.32. The summed E-state index contributed by atoms with van der Waals surface area (Å²) < 4.78 is 40.0. The molecule has 0 atom stereocenters. The maximum atomic E-state index is 11.8. The van der Waals surface area contributed by atoms with Crippen LogP contribution in [-0.4, -0.2) is 37.9 Å². The highest BCUT2D eigenvalue weighted by Gasteiger charge is 2.27. The van der Waals surface area contributed by atoms with Gasteiger partial charge in [0.25, 0.3) is 0 Å². The molecule has 0 aliphatic heterocycles. The smallest absolute Gasteiger partial charge is 0.399 e. The van der Waals surface area contributed by atoms with E-state index in [2.05, 4.69) is 4.74 Å². The zero-order valence-corrected chi connectivity index (χ0v) is 10.2. The quantitative estimate of drug-likeness (QED) is 0.631. The molecule has 1 aromatic rings. The van der Waals surface area contributed by atoms with Crippen LogP contribution in [-0.2, 0) is 11.3 Å². The number of nitrogens with zero attached hydrogens (tertiary/aromatic N) is 1. The van der Waals surface area contributed by atoms with Crippen molar-refractivity contribution in [1.29, 1.82) is 0 Å². The maximum absolute atomic E-state index is 11.8. The summed E-state index contributed by atoms with van der Waals surface area (Å²) in [5.41, 5.74) is 7.30. The van der Waals surface area contributed by atoms with Crippen LogP contribution in [0.3, 0.4) is 0 Å². The molecular formula is C12H17F3N2O. The summed E-state index contributed by atoms with van der Waals surface area (Å²) >= 11 is 0. The average molecular weight is 262 g/mol. The number of nitrogens with two attached hydrogens (primary N) is 1. The Morgan fingerprint density at radius 1 is 1.22 bits per heavy atom. The number of likely N-dealkylation sites (N-methyl/N-ethyl adjacent to an activating group) is 1. The Balaban J connectivity index is 2.21. The third kappa shape index (κ3) is 6.46. The highest BCUT2D eigenvalue weighted by atomic mass is 19.4. The SMILES string of the molecule is CN(CCOCC(F)(F)F)Cc1ccc(N)cc1. The third-order valence-corrected chi connectivity index (χ3v) is 2.32. The highest BCUT2D eigenvalue weighted by Crippen LogP contribution is 2.14. The molecule has 0 unspecified atom stereocenters. The van der Waals surface area contributed by atoms with Gasteiger partial charge < -0.3 is 10.5 Å². The van der Waals surface area contributed by atoms with E-state index in [4.69, 9.17) is 5.73 Å². The number of halogens is 3. The van der Waals surface area contributed by atoms with Crippen LogP contribution in [0, 0.1) is 0 Å². The molecule has 0 saturated heterocycles. The monoisotopic (exact) mass is 262 g/mol. The van der Waals surface area contributed by atoms with E-state index in [-0.39, 0.29) is 6.61 Å². The van der Waals surface area contributed by atoms with Crippen LogP contribution in [0.15, 0.2) is 24.3 Å². The molecule has 0 aliphatic rings. The molecule has 102 valence electrons.